The molecule has 1 atom stereocenters. The summed E-state index contributed by atoms with van der Waals surface area (Å²) in [5, 5.41) is 19.7. The van der Waals surface area contributed by atoms with Crippen LogP contribution in [0.5, 0.6) is 0 Å². The Hall–Kier alpha value is -3.52. The summed E-state index contributed by atoms with van der Waals surface area (Å²) < 4.78 is 5.02. The number of nitrogen functional groups attached to an aromatic ring is 1. The molecule has 1 saturated heterocycles. The van der Waals surface area contributed by atoms with Crippen LogP contribution in [0.3, 0.4) is 0 Å². The summed E-state index contributed by atoms with van der Waals surface area (Å²) in [4.78, 5) is 58.2. The van der Waals surface area contributed by atoms with Gasteiger partial charge < -0.3 is 25.7 Å². The van der Waals surface area contributed by atoms with Crippen LogP contribution in [-0.4, -0.2) is 82.4 Å². The van der Waals surface area contributed by atoms with Gasteiger partial charge in [0.15, 0.2) is 16.5 Å². The van der Waals surface area contributed by atoms with E-state index in [-0.39, 0.29) is 41.8 Å². The third kappa shape index (κ3) is 4.34. The predicted octanol–water partition coefficient (Wildman–Crippen LogP) is -1.07. The quantitative estimate of drug-likeness (QED) is 0.250. The molecular weight excluding hydrogens is 432 g/mol. The Kier molecular flexibility index (Phi) is 6.50. The number of carbonyl (C=O) groups excluding carboxylic acids is 3. The molecule has 1 aromatic heterocycles. The first kappa shape index (κ1) is 22.2. The van der Waals surface area contributed by atoms with E-state index in [0.29, 0.717) is 6.42 Å². The molecule has 0 aromatic carbocycles. The SMILES string of the molecule is CCCOC(=O)C1=C(C(=O)O)N2C(=O)C(NC(=O)/C(=N\OC)c3csc(N)n3)CN2C1. The van der Waals surface area contributed by atoms with E-state index in [0.717, 1.165) is 16.3 Å². The van der Waals surface area contributed by atoms with Gasteiger partial charge in [-0.25, -0.2) is 24.6 Å². The van der Waals surface area contributed by atoms with Gasteiger partial charge in [0.2, 0.25) is 0 Å². The number of aliphatic carboxylic acids is 1. The second-order valence-electron chi connectivity index (χ2n) is 6.48. The van der Waals surface area contributed by atoms with Gasteiger partial charge in [0.05, 0.1) is 18.7 Å². The number of nitrogens with two attached hydrogens (primary N) is 1. The molecule has 2 aliphatic rings. The summed E-state index contributed by atoms with van der Waals surface area (Å²) in [6.07, 6.45) is 0.567. The zero-order valence-electron chi connectivity index (χ0n) is 16.7. The van der Waals surface area contributed by atoms with Crippen molar-refractivity contribution < 1.29 is 33.9 Å². The molecule has 0 bridgehead atoms. The number of carboxylic acids is 1. The van der Waals surface area contributed by atoms with Crippen LogP contribution >= 0.6 is 11.3 Å². The summed E-state index contributed by atoms with van der Waals surface area (Å²) in [5.41, 5.74) is 4.95. The van der Waals surface area contributed by atoms with Crippen LogP contribution in [0.15, 0.2) is 21.8 Å². The molecule has 2 aliphatic heterocycles. The van der Waals surface area contributed by atoms with Gasteiger partial charge in [-0.05, 0) is 6.42 Å². The number of carboxylic acid groups (broad SMARTS) is 1. The molecule has 0 aliphatic carbocycles. The van der Waals surface area contributed by atoms with Gasteiger partial charge in [-0.3, -0.25) is 9.59 Å². The van der Waals surface area contributed by atoms with Crippen LogP contribution in [-0.2, 0) is 28.8 Å². The Morgan fingerprint density at radius 3 is 2.77 bits per heavy atom. The summed E-state index contributed by atoms with van der Waals surface area (Å²) in [7, 11) is 1.24. The number of ether oxygens (including phenoxy) is 1. The van der Waals surface area contributed by atoms with E-state index in [2.05, 4.69) is 20.3 Å². The zero-order valence-corrected chi connectivity index (χ0v) is 17.5. The van der Waals surface area contributed by atoms with E-state index >= 15 is 0 Å². The first-order chi connectivity index (χ1) is 14.8. The van der Waals surface area contributed by atoms with Crippen LogP contribution in [0.25, 0.3) is 0 Å². The Balaban J connectivity index is 1.79. The lowest BCUT2D eigenvalue weighted by Crippen LogP contribution is -2.46. The van der Waals surface area contributed by atoms with E-state index in [1.165, 1.54) is 17.5 Å². The number of thiazole rings is 1. The number of hydrazine groups is 1. The minimum Gasteiger partial charge on any atom is -0.477 e. The van der Waals surface area contributed by atoms with Gasteiger partial charge >= 0.3 is 11.9 Å². The number of rotatable bonds is 8. The van der Waals surface area contributed by atoms with Crippen molar-refractivity contribution in [2.75, 3.05) is 32.5 Å². The number of amides is 2. The molecule has 4 N–H and O–H groups in total. The van der Waals surface area contributed by atoms with E-state index in [1.807, 2.05) is 0 Å². The molecule has 14 heteroatoms. The molecule has 3 heterocycles. The first-order valence-electron chi connectivity index (χ1n) is 9.14. The number of fused-ring (bicyclic) bond motifs is 1. The minimum absolute atomic E-state index is 0.0502. The van der Waals surface area contributed by atoms with E-state index in [4.69, 9.17) is 10.5 Å². The van der Waals surface area contributed by atoms with Crippen LogP contribution in [0.4, 0.5) is 5.13 Å². The predicted molar refractivity (Wildman–Crippen MR) is 106 cm³/mol. The fraction of sp³-hybridized carbons (Fsp3) is 0.412. The summed E-state index contributed by atoms with van der Waals surface area (Å²) >= 11 is 1.10. The summed E-state index contributed by atoms with van der Waals surface area (Å²) in [6, 6.07) is -1.08. The topological polar surface area (TPSA) is 177 Å². The standard InChI is InChI=1S/C17H20N6O7S/c1-3-4-30-16(28)8-5-22-6-9(14(25)23(22)12(8)15(26)27)19-13(24)11(21-29-2)10-7-31-17(18)20-10/h7,9H,3-6H2,1-2H3,(H2,18,20)(H,19,24)(H,26,27)/b21-11-. The molecule has 0 radical (unpaired) electrons. The smallest absolute Gasteiger partial charge is 0.354 e. The summed E-state index contributed by atoms with van der Waals surface area (Å²) in [6.45, 7) is 1.74. The number of nitrogens with one attached hydrogen (secondary N) is 1. The summed E-state index contributed by atoms with van der Waals surface area (Å²) in [5.74, 6) is -3.71. The first-order valence-corrected chi connectivity index (χ1v) is 10.0. The van der Waals surface area contributed by atoms with Crippen LogP contribution in [0.1, 0.15) is 19.0 Å². The van der Waals surface area contributed by atoms with Crippen LogP contribution in [0.2, 0.25) is 0 Å². The van der Waals surface area contributed by atoms with Crippen molar-refractivity contribution in [1.29, 1.82) is 0 Å². The zero-order chi connectivity index (χ0) is 22.7. The highest BCUT2D eigenvalue weighted by molar-refractivity contribution is 7.13. The molecule has 31 heavy (non-hydrogen) atoms. The molecule has 0 saturated carbocycles. The van der Waals surface area contributed by atoms with Gasteiger partial charge in [-0.15, -0.1) is 11.3 Å². The molecule has 3 rings (SSSR count). The lowest BCUT2D eigenvalue weighted by molar-refractivity contribution is -0.143. The lowest BCUT2D eigenvalue weighted by atomic mass is 10.1. The third-order valence-electron chi connectivity index (χ3n) is 4.38. The number of hydrogen-bond donors (Lipinski definition) is 3. The fourth-order valence-electron chi connectivity index (χ4n) is 3.12. The van der Waals surface area contributed by atoms with E-state index in [1.54, 1.807) is 6.92 Å². The van der Waals surface area contributed by atoms with Crippen molar-refractivity contribution in [3.05, 3.63) is 22.3 Å². The number of nitrogens with zero attached hydrogens (tertiary/aromatic N) is 4. The molecule has 2 amide bonds. The lowest BCUT2D eigenvalue weighted by Gasteiger charge is -2.18. The Morgan fingerprint density at radius 1 is 1.45 bits per heavy atom. The maximum atomic E-state index is 12.9. The van der Waals surface area contributed by atoms with Crippen LogP contribution < -0.4 is 11.1 Å². The largest absolute Gasteiger partial charge is 0.477 e. The van der Waals surface area contributed by atoms with Gasteiger partial charge in [-0.1, -0.05) is 12.1 Å². The van der Waals surface area contributed by atoms with Crippen molar-refractivity contribution in [3.8, 4) is 0 Å². The number of aromatic nitrogens is 1. The second-order valence-corrected chi connectivity index (χ2v) is 7.37. The van der Waals surface area contributed by atoms with Crippen molar-refractivity contribution in [1.82, 2.24) is 20.3 Å². The highest BCUT2D eigenvalue weighted by Gasteiger charge is 2.50. The van der Waals surface area contributed by atoms with E-state index in [9.17, 15) is 24.3 Å². The molecule has 1 aromatic rings. The van der Waals surface area contributed by atoms with Crippen molar-refractivity contribution in [2.45, 2.75) is 19.4 Å². The van der Waals surface area contributed by atoms with Crippen molar-refractivity contribution in [3.63, 3.8) is 0 Å². The number of hydrogen-bond acceptors (Lipinski definition) is 11. The normalized spacial score (nSPS) is 18.9. The number of oxime groups is 1. The minimum atomic E-state index is -1.45. The van der Waals surface area contributed by atoms with Crippen molar-refractivity contribution in [2.24, 2.45) is 5.16 Å². The van der Waals surface area contributed by atoms with Crippen LogP contribution in [0, 0.1) is 0 Å². The molecule has 1 unspecified atom stereocenters. The van der Waals surface area contributed by atoms with Gasteiger partial charge in [-0.2, -0.15) is 0 Å². The highest BCUT2D eigenvalue weighted by Crippen LogP contribution is 2.30. The molecule has 1 fully saturated rings. The third-order valence-corrected chi connectivity index (χ3v) is 5.05. The second kappa shape index (κ2) is 9.09. The molecule has 0 spiro atoms. The Bertz CT molecular complexity index is 987. The fourth-order valence-corrected chi connectivity index (χ4v) is 3.67. The number of carbonyl (C=O) groups is 4. The molecular formula is C17H20N6O7S. The highest BCUT2D eigenvalue weighted by atomic mass is 32.1. The number of anilines is 1. The molecule has 166 valence electrons. The monoisotopic (exact) mass is 452 g/mol. The average Bonchev–Trinajstić information content (AvgIpc) is 3.39. The van der Waals surface area contributed by atoms with Gasteiger partial charge in [0.25, 0.3) is 11.8 Å². The van der Waals surface area contributed by atoms with Gasteiger partial charge in [0, 0.05) is 11.9 Å². The van der Waals surface area contributed by atoms with Crippen molar-refractivity contribution >= 4 is 45.9 Å². The number of esters is 1. The Morgan fingerprint density at radius 2 is 2.19 bits per heavy atom. The average molecular weight is 452 g/mol. The molecule has 13 nitrogen and oxygen atoms in total. The maximum Gasteiger partial charge on any atom is 0.354 e. The van der Waals surface area contributed by atoms with Gasteiger partial charge in [0.1, 0.15) is 18.8 Å². The van der Waals surface area contributed by atoms with E-state index < -0.39 is 35.5 Å². The maximum absolute atomic E-state index is 12.9. The Labute approximate surface area is 180 Å².